The van der Waals surface area contributed by atoms with Crippen LogP contribution in [0.25, 0.3) is 17.1 Å². The second-order valence-corrected chi connectivity index (χ2v) is 10.8. The molecule has 2 heterocycles. The summed E-state index contributed by atoms with van der Waals surface area (Å²) in [5.74, 6) is 1.49. The zero-order chi connectivity index (χ0) is 30.1. The van der Waals surface area contributed by atoms with Crippen molar-refractivity contribution in [2.45, 2.75) is 53.2 Å². The molecule has 0 spiro atoms. The first kappa shape index (κ1) is 28.9. The topological polar surface area (TPSA) is 122 Å². The monoisotopic (exact) mass is 571 g/mol. The number of hydrogen-bond donors (Lipinski definition) is 3. The van der Waals surface area contributed by atoms with Gasteiger partial charge in [-0.25, -0.2) is 0 Å². The van der Waals surface area contributed by atoms with Crippen LogP contribution in [0.1, 0.15) is 65.1 Å². The number of hydrogen-bond acceptors (Lipinski definition) is 8. The Morgan fingerprint density at radius 2 is 1.67 bits per heavy atom. The maximum Gasteiger partial charge on any atom is 0.289 e. The van der Waals surface area contributed by atoms with Gasteiger partial charge in [0.25, 0.3) is 5.91 Å². The van der Waals surface area contributed by atoms with E-state index in [1.54, 1.807) is 24.9 Å². The zero-order valence-electron chi connectivity index (χ0n) is 24.9. The standard InChI is InChI=1S/C32H37N5O5/c1-7-33-32(40)31-35-34-30(25-13-24(18(2)3)26(38)14-27(25)39)37(31)23-9-8-21-16-36(17-22(21)12-23)15-20-10-28(41-5)19(4)29(11-20)42-6/h8-14,18,38-39H,7,15-17H2,1-6H3,(H,33,40). The molecular formula is C32H37N5O5. The number of methoxy groups -OCH3 is 2. The summed E-state index contributed by atoms with van der Waals surface area (Å²) in [5, 5.41) is 32.6. The third kappa shape index (κ3) is 5.37. The van der Waals surface area contributed by atoms with Crippen molar-refractivity contribution in [1.82, 2.24) is 25.0 Å². The number of nitrogens with one attached hydrogen (secondary N) is 1. The number of rotatable bonds is 9. The number of nitrogens with zero attached hydrogens (tertiary/aromatic N) is 4. The average Bonchev–Trinajstić information content (AvgIpc) is 3.57. The van der Waals surface area contributed by atoms with Gasteiger partial charge < -0.3 is 25.0 Å². The van der Waals surface area contributed by atoms with E-state index in [0.29, 0.717) is 42.3 Å². The van der Waals surface area contributed by atoms with Gasteiger partial charge in [0, 0.05) is 43.5 Å². The summed E-state index contributed by atoms with van der Waals surface area (Å²) < 4.78 is 12.8. The molecule has 220 valence electrons. The van der Waals surface area contributed by atoms with E-state index >= 15 is 0 Å². The van der Waals surface area contributed by atoms with Crippen molar-refractivity contribution in [2.75, 3.05) is 20.8 Å². The maximum atomic E-state index is 13.0. The predicted octanol–water partition coefficient (Wildman–Crippen LogP) is 5.06. The molecular weight excluding hydrogens is 534 g/mol. The van der Waals surface area contributed by atoms with E-state index in [1.807, 2.05) is 52.0 Å². The van der Waals surface area contributed by atoms with E-state index in [0.717, 1.165) is 34.7 Å². The van der Waals surface area contributed by atoms with E-state index in [1.165, 1.54) is 11.6 Å². The number of phenolic OH excluding ortho intramolecular Hbond substituents is 2. The van der Waals surface area contributed by atoms with E-state index in [4.69, 9.17) is 9.47 Å². The van der Waals surface area contributed by atoms with Crippen LogP contribution in [-0.2, 0) is 19.6 Å². The Morgan fingerprint density at radius 3 is 2.31 bits per heavy atom. The first-order valence-electron chi connectivity index (χ1n) is 14.0. The molecule has 0 aliphatic carbocycles. The van der Waals surface area contributed by atoms with Crippen molar-refractivity contribution in [3.05, 3.63) is 76.1 Å². The molecule has 0 atom stereocenters. The average molecular weight is 572 g/mol. The second kappa shape index (κ2) is 11.7. The van der Waals surface area contributed by atoms with Crippen LogP contribution in [0.15, 0.2) is 42.5 Å². The summed E-state index contributed by atoms with van der Waals surface area (Å²) in [6.45, 7) is 10.3. The van der Waals surface area contributed by atoms with Gasteiger partial charge in [-0.15, -0.1) is 10.2 Å². The molecule has 1 aliphatic heterocycles. The molecule has 3 N–H and O–H groups in total. The van der Waals surface area contributed by atoms with E-state index in [9.17, 15) is 15.0 Å². The quantitative estimate of drug-likeness (QED) is 0.255. The van der Waals surface area contributed by atoms with Crippen molar-refractivity contribution in [3.8, 4) is 40.1 Å². The van der Waals surface area contributed by atoms with Crippen molar-refractivity contribution >= 4 is 5.91 Å². The summed E-state index contributed by atoms with van der Waals surface area (Å²) in [4.78, 5) is 15.4. The highest BCUT2D eigenvalue weighted by Crippen LogP contribution is 2.39. The van der Waals surface area contributed by atoms with Crippen LogP contribution >= 0.6 is 0 Å². The Labute approximate surface area is 245 Å². The SMILES string of the molecule is CCNC(=O)c1nnc(-c2cc(C(C)C)c(O)cc2O)n1-c1ccc2c(c1)CN(Cc1cc(OC)c(C)c(OC)c1)C2. The minimum absolute atomic E-state index is 0.00250. The largest absolute Gasteiger partial charge is 0.508 e. The van der Waals surface area contributed by atoms with Crippen LogP contribution in [0.2, 0.25) is 0 Å². The lowest BCUT2D eigenvalue weighted by molar-refractivity contribution is 0.0943. The fourth-order valence-corrected chi connectivity index (χ4v) is 5.52. The first-order chi connectivity index (χ1) is 20.1. The molecule has 42 heavy (non-hydrogen) atoms. The normalized spacial score (nSPS) is 12.9. The molecule has 1 aromatic heterocycles. The van der Waals surface area contributed by atoms with Gasteiger partial charge >= 0.3 is 0 Å². The lowest BCUT2D eigenvalue weighted by Gasteiger charge is -2.18. The summed E-state index contributed by atoms with van der Waals surface area (Å²) in [5.41, 5.74) is 6.10. The summed E-state index contributed by atoms with van der Waals surface area (Å²) in [6.07, 6.45) is 0. The number of aromatic nitrogens is 3. The number of fused-ring (bicyclic) bond motifs is 1. The molecule has 1 aliphatic rings. The zero-order valence-corrected chi connectivity index (χ0v) is 24.9. The Kier molecular flexibility index (Phi) is 8.08. The van der Waals surface area contributed by atoms with Gasteiger partial charge in [0.15, 0.2) is 5.82 Å². The Balaban J connectivity index is 1.52. The van der Waals surface area contributed by atoms with Crippen LogP contribution in [0.5, 0.6) is 23.0 Å². The van der Waals surface area contributed by atoms with Crippen LogP contribution in [-0.4, -0.2) is 56.5 Å². The number of phenols is 2. The minimum atomic E-state index is -0.372. The van der Waals surface area contributed by atoms with Gasteiger partial charge in [0.1, 0.15) is 23.0 Å². The third-order valence-electron chi connectivity index (χ3n) is 7.67. The van der Waals surface area contributed by atoms with Crippen molar-refractivity contribution in [3.63, 3.8) is 0 Å². The molecule has 10 nitrogen and oxygen atoms in total. The summed E-state index contributed by atoms with van der Waals surface area (Å²) >= 11 is 0. The van der Waals surface area contributed by atoms with Gasteiger partial charge in [0.2, 0.25) is 5.82 Å². The molecule has 10 heteroatoms. The predicted molar refractivity (Wildman–Crippen MR) is 159 cm³/mol. The molecule has 0 saturated carbocycles. The van der Waals surface area contributed by atoms with E-state index in [2.05, 4.69) is 26.5 Å². The fourth-order valence-electron chi connectivity index (χ4n) is 5.52. The van der Waals surface area contributed by atoms with Crippen LogP contribution in [0, 0.1) is 6.92 Å². The molecule has 1 amide bonds. The van der Waals surface area contributed by atoms with Gasteiger partial charge in [0.05, 0.1) is 19.8 Å². The highest BCUT2D eigenvalue weighted by atomic mass is 16.5. The number of carbonyl (C=O) groups is 1. The lowest BCUT2D eigenvalue weighted by Crippen LogP contribution is -2.26. The molecule has 0 radical (unpaired) electrons. The Bertz CT molecular complexity index is 1620. The molecule has 0 bridgehead atoms. The summed E-state index contributed by atoms with van der Waals surface area (Å²) in [7, 11) is 3.32. The smallest absolute Gasteiger partial charge is 0.289 e. The molecule has 4 aromatic rings. The molecule has 0 fully saturated rings. The van der Waals surface area contributed by atoms with Crippen LogP contribution in [0.3, 0.4) is 0 Å². The lowest BCUT2D eigenvalue weighted by atomic mass is 9.98. The molecule has 0 saturated heterocycles. The van der Waals surface area contributed by atoms with Crippen molar-refractivity contribution in [1.29, 1.82) is 0 Å². The number of ether oxygens (including phenoxy) is 2. The fraction of sp³-hybridized carbons (Fsp3) is 0.344. The Hall–Kier alpha value is -4.57. The van der Waals surface area contributed by atoms with Gasteiger partial charge in [-0.2, -0.15) is 0 Å². The Morgan fingerprint density at radius 1 is 0.976 bits per heavy atom. The van der Waals surface area contributed by atoms with Crippen LogP contribution in [0.4, 0.5) is 0 Å². The molecule has 3 aromatic carbocycles. The van der Waals surface area contributed by atoms with Gasteiger partial charge in [-0.05, 0) is 72.4 Å². The number of carbonyl (C=O) groups excluding carboxylic acids is 1. The third-order valence-corrected chi connectivity index (χ3v) is 7.67. The first-order valence-corrected chi connectivity index (χ1v) is 14.0. The highest BCUT2D eigenvalue weighted by Gasteiger charge is 2.26. The van der Waals surface area contributed by atoms with Crippen LogP contribution < -0.4 is 14.8 Å². The van der Waals surface area contributed by atoms with E-state index < -0.39 is 0 Å². The maximum absolute atomic E-state index is 13.0. The number of benzene rings is 3. The summed E-state index contributed by atoms with van der Waals surface area (Å²) in [6, 6.07) is 13.1. The van der Waals surface area contributed by atoms with Crippen molar-refractivity contribution in [2.24, 2.45) is 0 Å². The van der Waals surface area contributed by atoms with Gasteiger partial charge in [-0.3, -0.25) is 14.3 Å². The number of amides is 1. The second-order valence-electron chi connectivity index (χ2n) is 10.8. The molecule has 5 rings (SSSR count). The number of aromatic hydroxyl groups is 2. The molecule has 0 unspecified atom stereocenters. The van der Waals surface area contributed by atoms with Gasteiger partial charge in [-0.1, -0.05) is 19.9 Å². The highest BCUT2D eigenvalue weighted by molar-refractivity contribution is 5.92. The van der Waals surface area contributed by atoms with Crippen molar-refractivity contribution < 1.29 is 24.5 Å². The van der Waals surface area contributed by atoms with E-state index in [-0.39, 0.29) is 29.1 Å². The minimum Gasteiger partial charge on any atom is -0.508 e.